The maximum absolute atomic E-state index is 13.0. The van der Waals surface area contributed by atoms with Crippen LogP contribution < -0.4 is 27.4 Å². The van der Waals surface area contributed by atoms with Crippen molar-refractivity contribution in [3.05, 3.63) is 35.9 Å². The lowest BCUT2D eigenvalue weighted by atomic mass is 10.0. The Balaban J connectivity index is 3.04. The van der Waals surface area contributed by atoms with Crippen LogP contribution in [0.5, 0.6) is 0 Å². The first kappa shape index (κ1) is 31.5. The van der Waals surface area contributed by atoms with Gasteiger partial charge in [-0.1, -0.05) is 30.3 Å². The van der Waals surface area contributed by atoms with Gasteiger partial charge in [0.2, 0.25) is 17.7 Å². The normalized spacial score (nSPS) is 14.9. The molecule has 0 saturated carbocycles. The molecule has 3 amide bonds. The van der Waals surface area contributed by atoms with E-state index in [2.05, 4.69) is 16.0 Å². The topological polar surface area (TPSA) is 234 Å². The van der Waals surface area contributed by atoms with Gasteiger partial charge < -0.3 is 42.7 Å². The number of hydrogen-bond acceptors (Lipinski definition) is 8. The third-order valence-corrected chi connectivity index (χ3v) is 5.58. The van der Waals surface area contributed by atoms with Gasteiger partial charge >= 0.3 is 11.9 Å². The van der Waals surface area contributed by atoms with Crippen LogP contribution in [0.1, 0.15) is 44.6 Å². The van der Waals surface area contributed by atoms with Crippen LogP contribution in [0.3, 0.4) is 0 Å². The molecule has 10 N–H and O–H groups in total. The highest BCUT2D eigenvalue weighted by Gasteiger charge is 2.31. The van der Waals surface area contributed by atoms with Crippen molar-refractivity contribution in [2.75, 3.05) is 6.54 Å². The molecule has 0 fully saturated rings. The van der Waals surface area contributed by atoms with Crippen molar-refractivity contribution < 1.29 is 39.3 Å². The lowest BCUT2D eigenvalue weighted by molar-refractivity contribution is -0.143. The number of aliphatic hydroxyl groups excluding tert-OH is 1. The number of hydrogen-bond donors (Lipinski definition) is 8. The monoisotopic (exact) mass is 523 g/mol. The zero-order valence-electron chi connectivity index (χ0n) is 20.8. The molecule has 0 radical (unpaired) electrons. The van der Waals surface area contributed by atoms with E-state index in [9.17, 15) is 34.2 Å². The zero-order valence-corrected chi connectivity index (χ0v) is 20.8. The van der Waals surface area contributed by atoms with E-state index in [0.29, 0.717) is 24.9 Å². The molecule has 0 saturated heterocycles. The summed E-state index contributed by atoms with van der Waals surface area (Å²) in [6.45, 7) is 1.66. The van der Waals surface area contributed by atoms with Crippen molar-refractivity contribution in [2.45, 2.75) is 75.7 Å². The van der Waals surface area contributed by atoms with Crippen molar-refractivity contribution in [3.63, 3.8) is 0 Å². The summed E-state index contributed by atoms with van der Waals surface area (Å²) in [5.74, 6) is -4.99. The smallest absolute Gasteiger partial charge is 0.326 e. The molecule has 13 nitrogen and oxygen atoms in total. The number of nitrogens with two attached hydrogens (primary N) is 2. The van der Waals surface area contributed by atoms with E-state index in [-0.39, 0.29) is 19.3 Å². The highest BCUT2D eigenvalue weighted by Crippen LogP contribution is 2.08. The Hall–Kier alpha value is -3.55. The first-order valence-corrected chi connectivity index (χ1v) is 12.0. The minimum absolute atomic E-state index is 0.0312. The van der Waals surface area contributed by atoms with E-state index in [1.807, 2.05) is 0 Å². The van der Waals surface area contributed by atoms with Gasteiger partial charge in [0.15, 0.2) is 0 Å². The van der Waals surface area contributed by atoms with Crippen LogP contribution in [-0.2, 0) is 30.4 Å². The van der Waals surface area contributed by atoms with Gasteiger partial charge in [0.05, 0.1) is 6.10 Å². The van der Waals surface area contributed by atoms with E-state index < -0.39 is 66.4 Å². The van der Waals surface area contributed by atoms with Crippen molar-refractivity contribution in [2.24, 2.45) is 11.5 Å². The standard InChI is InChI=1S/C24H37N5O8/c1-14(30)20(26)23(35)28-16(9-5-6-12-25)21(33)27-17(10-11-19(31)32)22(34)29-18(24(36)37)13-15-7-3-2-4-8-15/h2-4,7-8,14,16-18,20,30H,5-6,9-13,25-26H2,1H3,(H,27,33)(H,28,35)(H,29,34)(H,31,32)(H,36,37). The van der Waals surface area contributed by atoms with E-state index in [1.165, 1.54) is 6.92 Å². The average molecular weight is 524 g/mol. The quantitative estimate of drug-likeness (QED) is 0.110. The molecular weight excluding hydrogens is 486 g/mol. The predicted molar refractivity (Wildman–Crippen MR) is 133 cm³/mol. The van der Waals surface area contributed by atoms with Crippen LogP contribution in [0, 0.1) is 0 Å². The SMILES string of the molecule is CC(O)C(N)C(=O)NC(CCCCN)C(=O)NC(CCC(=O)O)C(=O)NC(Cc1ccccc1)C(=O)O. The summed E-state index contributed by atoms with van der Waals surface area (Å²) in [5, 5.41) is 35.5. The number of carboxylic acids is 2. The van der Waals surface area contributed by atoms with Gasteiger partial charge in [-0.2, -0.15) is 0 Å². The minimum atomic E-state index is -1.39. The number of rotatable bonds is 17. The fourth-order valence-corrected chi connectivity index (χ4v) is 3.38. The Morgan fingerprint density at radius 3 is 1.89 bits per heavy atom. The molecule has 5 unspecified atom stereocenters. The van der Waals surface area contributed by atoms with Crippen molar-refractivity contribution in [3.8, 4) is 0 Å². The molecule has 13 heteroatoms. The van der Waals surface area contributed by atoms with Crippen molar-refractivity contribution in [1.82, 2.24) is 16.0 Å². The third kappa shape index (κ3) is 11.8. The fraction of sp³-hybridized carbons (Fsp3) is 0.542. The van der Waals surface area contributed by atoms with E-state index in [4.69, 9.17) is 16.6 Å². The molecule has 0 aliphatic rings. The molecule has 0 aromatic heterocycles. The van der Waals surface area contributed by atoms with Gasteiger partial charge in [0, 0.05) is 12.8 Å². The van der Waals surface area contributed by atoms with E-state index in [0.717, 1.165) is 0 Å². The first-order valence-electron chi connectivity index (χ1n) is 12.0. The average Bonchev–Trinajstić information content (AvgIpc) is 2.85. The van der Waals surface area contributed by atoms with Crippen LogP contribution in [0.2, 0.25) is 0 Å². The van der Waals surface area contributed by atoms with Gasteiger partial charge in [0.25, 0.3) is 0 Å². The second-order valence-electron chi connectivity index (χ2n) is 8.69. The molecule has 5 atom stereocenters. The van der Waals surface area contributed by atoms with Crippen molar-refractivity contribution >= 4 is 29.7 Å². The molecule has 1 rings (SSSR count). The van der Waals surface area contributed by atoms with Crippen LogP contribution in [-0.4, -0.2) is 81.8 Å². The summed E-state index contributed by atoms with van der Waals surface area (Å²) in [6, 6.07) is 3.41. The number of aliphatic hydroxyl groups is 1. The maximum Gasteiger partial charge on any atom is 0.326 e. The Labute approximate surface area is 215 Å². The largest absolute Gasteiger partial charge is 0.481 e. The molecule has 0 aliphatic carbocycles. The molecule has 0 spiro atoms. The molecule has 1 aromatic carbocycles. The van der Waals surface area contributed by atoms with Gasteiger partial charge in [-0.25, -0.2) is 4.79 Å². The zero-order chi connectivity index (χ0) is 28.0. The number of nitrogens with one attached hydrogen (secondary N) is 3. The second kappa shape index (κ2) is 16.2. The van der Waals surface area contributed by atoms with Crippen LogP contribution in [0.25, 0.3) is 0 Å². The molecule has 1 aromatic rings. The third-order valence-electron chi connectivity index (χ3n) is 5.58. The summed E-state index contributed by atoms with van der Waals surface area (Å²) in [7, 11) is 0. The summed E-state index contributed by atoms with van der Waals surface area (Å²) in [5.41, 5.74) is 11.8. The highest BCUT2D eigenvalue weighted by atomic mass is 16.4. The van der Waals surface area contributed by atoms with Crippen molar-refractivity contribution in [1.29, 1.82) is 0 Å². The number of carbonyl (C=O) groups is 5. The number of amides is 3. The number of unbranched alkanes of at least 4 members (excludes halogenated alkanes) is 1. The Morgan fingerprint density at radius 2 is 1.38 bits per heavy atom. The van der Waals surface area contributed by atoms with Gasteiger partial charge in [-0.15, -0.1) is 0 Å². The van der Waals surface area contributed by atoms with Gasteiger partial charge in [-0.3, -0.25) is 19.2 Å². The highest BCUT2D eigenvalue weighted by molar-refractivity contribution is 5.94. The number of benzene rings is 1. The fourth-order valence-electron chi connectivity index (χ4n) is 3.38. The Bertz CT molecular complexity index is 912. The number of carboxylic acid groups (broad SMARTS) is 2. The van der Waals surface area contributed by atoms with E-state index >= 15 is 0 Å². The molecule has 0 heterocycles. The molecule has 206 valence electrons. The minimum Gasteiger partial charge on any atom is -0.481 e. The molecule has 0 bridgehead atoms. The molecular formula is C24H37N5O8. The van der Waals surface area contributed by atoms with Gasteiger partial charge in [0.1, 0.15) is 24.2 Å². The van der Waals surface area contributed by atoms with Crippen LogP contribution in [0.4, 0.5) is 0 Å². The summed E-state index contributed by atoms with van der Waals surface area (Å²) < 4.78 is 0. The lowest BCUT2D eigenvalue weighted by Crippen LogP contribution is -2.58. The predicted octanol–water partition coefficient (Wildman–Crippen LogP) is -1.53. The van der Waals surface area contributed by atoms with Gasteiger partial charge in [-0.05, 0) is 44.7 Å². The molecule has 37 heavy (non-hydrogen) atoms. The summed E-state index contributed by atoms with van der Waals surface area (Å²) >= 11 is 0. The summed E-state index contributed by atoms with van der Waals surface area (Å²) in [6.07, 6.45) is -0.878. The second-order valence-corrected chi connectivity index (χ2v) is 8.69. The van der Waals surface area contributed by atoms with Crippen LogP contribution >= 0.6 is 0 Å². The molecule has 0 aliphatic heterocycles. The lowest BCUT2D eigenvalue weighted by Gasteiger charge is -2.25. The summed E-state index contributed by atoms with van der Waals surface area (Å²) in [4.78, 5) is 61.2. The van der Waals surface area contributed by atoms with Crippen LogP contribution in [0.15, 0.2) is 30.3 Å². The first-order chi connectivity index (χ1) is 17.5. The Kier molecular flexibility index (Phi) is 13.8. The maximum atomic E-state index is 13.0. The number of carbonyl (C=O) groups excluding carboxylic acids is 3. The Morgan fingerprint density at radius 1 is 0.838 bits per heavy atom. The number of aliphatic carboxylic acids is 2. The van der Waals surface area contributed by atoms with E-state index in [1.54, 1.807) is 30.3 Å².